The third-order valence-electron chi connectivity index (χ3n) is 6.87. The summed E-state index contributed by atoms with van der Waals surface area (Å²) in [5.74, 6) is 0.277. The highest BCUT2D eigenvalue weighted by Gasteiger charge is 2.40. The highest BCUT2D eigenvalue weighted by atomic mass is 35.5. The van der Waals surface area contributed by atoms with Crippen LogP contribution in [-0.4, -0.2) is 34.5 Å². The van der Waals surface area contributed by atoms with Crippen molar-refractivity contribution in [2.45, 2.75) is 44.4 Å². The van der Waals surface area contributed by atoms with Crippen LogP contribution in [0.2, 0.25) is 5.02 Å². The number of aromatic hydroxyl groups is 1. The molecule has 2 aliphatic rings. The molecule has 2 N–H and O–H groups in total. The molecule has 0 saturated carbocycles. The maximum atomic E-state index is 10.6. The normalized spacial score (nSPS) is 20.5. The molecule has 0 radical (unpaired) electrons. The van der Waals surface area contributed by atoms with Crippen LogP contribution >= 0.6 is 11.6 Å². The Hall–Kier alpha value is -2.66. The molecule has 33 heavy (non-hydrogen) atoms. The van der Waals surface area contributed by atoms with Gasteiger partial charge >= 0.3 is 0 Å². The summed E-state index contributed by atoms with van der Waals surface area (Å²) < 4.78 is 0. The summed E-state index contributed by atoms with van der Waals surface area (Å²) in [6.45, 7) is 5.01. The Morgan fingerprint density at radius 1 is 1.03 bits per heavy atom. The third kappa shape index (κ3) is 4.98. The number of hydrogen-bond acceptors (Lipinski definition) is 4. The fourth-order valence-corrected chi connectivity index (χ4v) is 5.18. The molecule has 0 aliphatic carbocycles. The highest BCUT2D eigenvalue weighted by Crippen LogP contribution is 2.38. The molecule has 3 aromatic rings. The molecule has 0 unspecified atom stereocenters. The highest BCUT2D eigenvalue weighted by molar-refractivity contribution is 6.30. The summed E-state index contributed by atoms with van der Waals surface area (Å²) in [6, 6.07) is 24.5. The molecule has 2 aliphatic heterocycles. The van der Waals surface area contributed by atoms with Crippen molar-refractivity contribution in [2.75, 3.05) is 13.1 Å². The minimum atomic E-state index is -0.342. The molecule has 1 atom stereocenters. The number of piperidine rings is 1. The first-order chi connectivity index (χ1) is 16.0. The Kier molecular flexibility index (Phi) is 6.24. The lowest BCUT2D eigenvalue weighted by Gasteiger charge is -2.45. The average Bonchev–Trinajstić information content (AvgIpc) is 2.83. The van der Waals surface area contributed by atoms with Gasteiger partial charge in [0.1, 0.15) is 11.4 Å². The van der Waals surface area contributed by atoms with Crippen LogP contribution in [0.25, 0.3) is 0 Å². The Bertz CT molecular complexity index is 1140. The molecule has 0 amide bonds. The molecule has 1 fully saturated rings. The zero-order valence-electron chi connectivity index (χ0n) is 19.0. The number of nitrogens with one attached hydrogen (secondary N) is 1. The van der Waals surface area contributed by atoms with Gasteiger partial charge in [-0.15, -0.1) is 0 Å². The van der Waals surface area contributed by atoms with Crippen molar-refractivity contribution in [1.82, 2.24) is 10.2 Å². The van der Waals surface area contributed by atoms with Crippen molar-refractivity contribution < 1.29 is 5.11 Å². The topological polar surface area (TPSA) is 47.9 Å². The Labute approximate surface area is 200 Å². The maximum Gasteiger partial charge on any atom is 0.120 e. The second-order valence-corrected chi connectivity index (χ2v) is 9.76. The first kappa shape index (κ1) is 22.1. The maximum absolute atomic E-state index is 10.6. The van der Waals surface area contributed by atoms with Gasteiger partial charge < -0.3 is 5.11 Å². The van der Waals surface area contributed by atoms with E-state index in [9.17, 15) is 5.11 Å². The van der Waals surface area contributed by atoms with E-state index in [1.807, 2.05) is 6.07 Å². The zero-order valence-corrected chi connectivity index (χ0v) is 19.7. The standard InChI is InChI=1S/C28H30ClN3O/c1-20-7-9-22(10-8-20)25-18-26(24-17-23(29)11-12-27(24)33)31-28(30-25)13-15-32(16-14-28)19-21-5-3-2-4-6-21/h2-12,17,26,31,33H,13-16,18-19H2,1H3/t26-/m0/s1. The van der Waals surface area contributed by atoms with E-state index in [-0.39, 0.29) is 17.5 Å². The van der Waals surface area contributed by atoms with Gasteiger partial charge in [0, 0.05) is 48.4 Å². The summed E-state index contributed by atoms with van der Waals surface area (Å²) in [6.07, 6.45) is 2.56. The molecule has 0 aromatic heterocycles. The van der Waals surface area contributed by atoms with Crippen molar-refractivity contribution in [3.05, 3.63) is 100 Å². The van der Waals surface area contributed by atoms with Crippen LogP contribution in [-0.2, 0) is 6.54 Å². The average molecular weight is 460 g/mol. The number of aryl methyl sites for hydroxylation is 1. The van der Waals surface area contributed by atoms with Crippen LogP contribution in [0.3, 0.4) is 0 Å². The van der Waals surface area contributed by atoms with E-state index in [1.54, 1.807) is 12.1 Å². The third-order valence-corrected chi connectivity index (χ3v) is 7.11. The quantitative estimate of drug-likeness (QED) is 0.513. The van der Waals surface area contributed by atoms with Crippen molar-refractivity contribution >= 4 is 17.3 Å². The molecule has 5 heteroatoms. The van der Waals surface area contributed by atoms with Gasteiger partial charge in [-0.1, -0.05) is 71.8 Å². The second kappa shape index (κ2) is 9.30. The minimum Gasteiger partial charge on any atom is -0.508 e. The SMILES string of the molecule is Cc1ccc(C2=NC3(CCN(Cc4ccccc4)CC3)N[C@H](c3cc(Cl)ccc3O)C2)cc1. The van der Waals surface area contributed by atoms with Crippen LogP contribution in [0, 0.1) is 6.92 Å². The lowest BCUT2D eigenvalue weighted by molar-refractivity contribution is 0.120. The van der Waals surface area contributed by atoms with E-state index in [0.29, 0.717) is 11.4 Å². The predicted molar refractivity (Wildman–Crippen MR) is 135 cm³/mol. The molecule has 4 nitrogen and oxygen atoms in total. The number of rotatable bonds is 4. The Balaban J connectivity index is 1.43. The zero-order chi connectivity index (χ0) is 22.8. The summed E-state index contributed by atoms with van der Waals surface area (Å²) >= 11 is 6.30. The van der Waals surface area contributed by atoms with Crippen molar-refractivity contribution in [3.8, 4) is 5.75 Å². The summed E-state index contributed by atoms with van der Waals surface area (Å²) in [5, 5.41) is 15.1. The first-order valence-corrected chi connectivity index (χ1v) is 12.1. The molecule has 0 bridgehead atoms. The molecular weight excluding hydrogens is 430 g/mol. The number of aliphatic imine (C=N–C) groups is 1. The summed E-state index contributed by atoms with van der Waals surface area (Å²) in [5.41, 5.74) is 5.32. The van der Waals surface area contributed by atoms with Gasteiger partial charge in [0.05, 0.1) is 0 Å². The number of hydrogen-bond donors (Lipinski definition) is 2. The second-order valence-electron chi connectivity index (χ2n) is 9.32. The molecule has 1 saturated heterocycles. The van der Waals surface area contributed by atoms with E-state index in [0.717, 1.165) is 49.3 Å². The predicted octanol–water partition coefficient (Wildman–Crippen LogP) is 5.87. The van der Waals surface area contributed by atoms with E-state index in [4.69, 9.17) is 16.6 Å². The van der Waals surface area contributed by atoms with E-state index in [2.05, 4.69) is 71.7 Å². The van der Waals surface area contributed by atoms with Crippen molar-refractivity contribution in [2.24, 2.45) is 4.99 Å². The lowest BCUT2D eigenvalue weighted by Crippen LogP contribution is -2.55. The van der Waals surface area contributed by atoms with E-state index in [1.165, 1.54) is 11.1 Å². The Morgan fingerprint density at radius 2 is 1.76 bits per heavy atom. The number of halogens is 1. The van der Waals surface area contributed by atoms with Gasteiger partial charge in [-0.05, 0) is 49.1 Å². The van der Waals surface area contributed by atoms with E-state index < -0.39 is 0 Å². The smallest absolute Gasteiger partial charge is 0.120 e. The molecular formula is C28H30ClN3O. The van der Waals surface area contributed by atoms with Crippen LogP contribution in [0.1, 0.15) is 47.6 Å². The van der Waals surface area contributed by atoms with Crippen LogP contribution < -0.4 is 5.32 Å². The van der Waals surface area contributed by atoms with Crippen LogP contribution in [0.4, 0.5) is 0 Å². The number of phenols is 1. The monoisotopic (exact) mass is 459 g/mol. The van der Waals surface area contributed by atoms with Crippen molar-refractivity contribution in [3.63, 3.8) is 0 Å². The van der Waals surface area contributed by atoms with Gasteiger partial charge in [0.15, 0.2) is 0 Å². The summed E-state index contributed by atoms with van der Waals surface area (Å²) in [7, 11) is 0. The lowest BCUT2D eigenvalue weighted by atomic mass is 9.87. The molecule has 1 spiro atoms. The Morgan fingerprint density at radius 3 is 2.48 bits per heavy atom. The molecule has 2 heterocycles. The molecule has 5 rings (SSSR count). The minimum absolute atomic E-state index is 0.0434. The molecule has 3 aromatic carbocycles. The largest absolute Gasteiger partial charge is 0.508 e. The summed E-state index contributed by atoms with van der Waals surface area (Å²) in [4.78, 5) is 7.81. The fraction of sp³-hybridized carbons (Fsp3) is 0.321. The van der Waals surface area contributed by atoms with Gasteiger partial charge in [0.25, 0.3) is 0 Å². The fourth-order valence-electron chi connectivity index (χ4n) is 5.00. The van der Waals surface area contributed by atoms with Crippen LogP contribution in [0.5, 0.6) is 5.75 Å². The number of likely N-dealkylation sites (tertiary alicyclic amines) is 1. The van der Waals surface area contributed by atoms with Crippen molar-refractivity contribution in [1.29, 1.82) is 0 Å². The first-order valence-electron chi connectivity index (χ1n) is 11.7. The van der Waals surface area contributed by atoms with Gasteiger partial charge in [0.2, 0.25) is 0 Å². The molecule has 170 valence electrons. The van der Waals surface area contributed by atoms with Gasteiger partial charge in [-0.25, -0.2) is 0 Å². The van der Waals surface area contributed by atoms with E-state index >= 15 is 0 Å². The van der Waals surface area contributed by atoms with Gasteiger partial charge in [-0.2, -0.15) is 0 Å². The number of phenolic OH excluding ortho intramolecular Hbond substituents is 1. The van der Waals surface area contributed by atoms with Crippen LogP contribution in [0.15, 0.2) is 77.8 Å². The number of nitrogens with zero attached hydrogens (tertiary/aromatic N) is 2. The number of benzene rings is 3. The van der Waals surface area contributed by atoms with Gasteiger partial charge in [-0.3, -0.25) is 15.2 Å².